The molecule has 0 amide bonds. The summed E-state index contributed by atoms with van der Waals surface area (Å²) in [6.45, 7) is 7.61. The highest BCUT2D eigenvalue weighted by atomic mass is 32.2. The van der Waals surface area contributed by atoms with Crippen molar-refractivity contribution in [2.24, 2.45) is 5.73 Å². The van der Waals surface area contributed by atoms with Gasteiger partial charge in [0.15, 0.2) is 0 Å². The van der Waals surface area contributed by atoms with Gasteiger partial charge in [-0.25, -0.2) is 13.1 Å². The summed E-state index contributed by atoms with van der Waals surface area (Å²) in [7, 11) is -3.57. The van der Waals surface area contributed by atoms with E-state index in [0.717, 1.165) is 0 Å². The number of ether oxygens (including phenoxy) is 2. The molecule has 0 aliphatic rings. The zero-order valence-electron chi connectivity index (χ0n) is 14.2. The second-order valence-corrected chi connectivity index (χ2v) is 7.18. The predicted molar refractivity (Wildman–Crippen MR) is 91.1 cm³/mol. The molecular weight excluding hydrogens is 316 g/mol. The van der Waals surface area contributed by atoms with Crippen molar-refractivity contribution in [3.8, 4) is 5.75 Å². The first-order valence-electron chi connectivity index (χ1n) is 7.96. The molecule has 23 heavy (non-hydrogen) atoms. The predicted octanol–water partition coefficient (Wildman–Crippen LogP) is 1.90. The smallest absolute Gasteiger partial charge is 0.240 e. The van der Waals surface area contributed by atoms with Crippen LogP contribution in [0.25, 0.3) is 0 Å². The lowest BCUT2D eigenvalue weighted by molar-refractivity contribution is 0.110. The van der Waals surface area contributed by atoms with E-state index in [1.54, 1.807) is 12.1 Å². The van der Waals surface area contributed by atoms with Crippen LogP contribution < -0.4 is 15.2 Å². The van der Waals surface area contributed by atoms with Gasteiger partial charge in [-0.15, -0.1) is 0 Å². The topological polar surface area (TPSA) is 90.6 Å². The molecule has 0 aromatic heterocycles. The van der Waals surface area contributed by atoms with Crippen LogP contribution in [0.1, 0.15) is 33.6 Å². The van der Waals surface area contributed by atoms with Gasteiger partial charge >= 0.3 is 0 Å². The van der Waals surface area contributed by atoms with E-state index in [2.05, 4.69) is 4.72 Å². The zero-order valence-corrected chi connectivity index (χ0v) is 15.0. The van der Waals surface area contributed by atoms with Gasteiger partial charge in [-0.3, -0.25) is 0 Å². The van der Waals surface area contributed by atoms with E-state index in [1.807, 2.05) is 20.8 Å². The third kappa shape index (κ3) is 6.47. The summed E-state index contributed by atoms with van der Waals surface area (Å²) in [5, 5.41) is 0. The molecule has 0 bridgehead atoms. The molecule has 1 aromatic rings. The maximum atomic E-state index is 12.3. The molecule has 0 aliphatic heterocycles. The van der Waals surface area contributed by atoms with Crippen molar-refractivity contribution in [1.29, 1.82) is 0 Å². The minimum atomic E-state index is -3.57. The molecule has 3 N–H and O–H groups in total. The van der Waals surface area contributed by atoms with E-state index in [0.29, 0.717) is 38.4 Å². The molecule has 1 aromatic carbocycles. The zero-order chi connectivity index (χ0) is 17.3. The van der Waals surface area contributed by atoms with Gasteiger partial charge in [0, 0.05) is 18.7 Å². The fourth-order valence-corrected chi connectivity index (χ4v) is 3.04. The summed E-state index contributed by atoms with van der Waals surface area (Å²) in [4.78, 5) is 0.198. The second-order valence-electron chi connectivity index (χ2n) is 5.41. The fourth-order valence-electron chi connectivity index (χ4n) is 1.90. The number of nitrogens with one attached hydrogen (secondary N) is 1. The Morgan fingerprint density at radius 3 is 2.22 bits per heavy atom. The average Bonchev–Trinajstić information content (AvgIpc) is 2.57. The molecule has 132 valence electrons. The molecule has 0 saturated carbocycles. The van der Waals surface area contributed by atoms with Gasteiger partial charge in [0.1, 0.15) is 12.4 Å². The van der Waals surface area contributed by atoms with Crippen LogP contribution in [0, 0.1) is 0 Å². The lowest BCUT2D eigenvalue weighted by atomic mass is 9.95. The largest absolute Gasteiger partial charge is 0.491 e. The standard InChI is InChI=1S/C16H28N2O4S/c1-4-16(17,5-2)13-18-23(19,20)15-9-7-14(8-10-15)22-12-11-21-6-3/h7-10,18H,4-6,11-13,17H2,1-3H3. The van der Waals surface area contributed by atoms with Crippen molar-refractivity contribution in [2.45, 2.75) is 44.0 Å². The lowest BCUT2D eigenvalue weighted by Crippen LogP contribution is -2.49. The van der Waals surface area contributed by atoms with Gasteiger partial charge < -0.3 is 15.2 Å². The lowest BCUT2D eigenvalue weighted by Gasteiger charge is -2.26. The van der Waals surface area contributed by atoms with E-state index in [4.69, 9.17) is 15.2 Å². The Kier molecular flexibility index (Phi) is 7.98. The molecule has 0 atom stereocenters. The third-order valence-corrected chi connectivity index (χ3v) is 5.27. The summed E-state index contributed by atoms with van der Waals surface area (Å²) < 4.78 is 37.8. The molecule has 0 radical (unpaired) electrons. The molecule has 0 spiro atoms. The first-order chi connectivity index (χ1) is 10.9. The number of hydrogen-bond acceptors (Lipinski definition) is 5. The fraction of sp³-hybridized carbons (Fsp3) is 0.625. The van der Waals surface area contributed by atoms with Crippen LogP contribution in [-0.4, -0.2) is 40.3 Å². The molecule has 0 aliphatic carbocycles. The van der Waals surface area contributed by atoms with Crippen LogP contribution in [0.2, 0.25) is 0 Å². The first-order valence-corrected chi connectivity index (χ1v) is 9.44. The number of rotatable bonds is 11. The maximum Gasteiger partial charge on any atom is 0.240 e. The van der Waals surface area contributed by atoms with Crippen molar-refractivity contribution in [3.63, 3.8) is 0 Å². The summed E-state index contributed by atoms with van der Waals surface area (Å²) in [6, 6.07) is 6.31. The molecule has 0 fully saturated rings. The molecule has 1 rings (SSSR count). The normalized spacial score (nSPS) is 12.3. The number of hydrogen-bond donors (Lipinski definition) is 2. The van der Waals surface area contributed by atoms with Crippen LogP contribution in [0.3, 0.4) is 0 Å². The third-order valence-electron chi connectivity index (χ3n) is 3.86. The SMILES string of the molecule is CCOCCOc1ccc(S(=O)(=O)NCC(N)(CC)CC)cc1. The van der Waals surface area contributed by atoms with Crippen molar-refractivity contribution < 1.29 is 17.9 Å². The van der Waals surface area contributed by atoms with Crippen molar-refractivity contribution in [3.05, 3.63) is 24.3 Å². The van der Waals surface area contributed by atoms with Crippen LogP contribution in [-0.2, 0) is 14.8 Å². The highest BCUT2D eigenvalue weighted by Crippen LogP contribution is 2.17. The summed E-state index contributed by atoms with van der Waals surface area (Å²) in [5.41, 5.74) is 5.61. The number of sulfonamides is 1. The summed E-state index contributed by atoms with van der Waals surface area (Å²) in [5.74, 6) is 0.610. The monoisotopic (exact) mass is 344 g/mol. The summed E-state index contributed by atoms with van der Waals surface area (Å²) >= 11 is 0. The minimum Gasteiger partial charge on any atom is -0.491 e. The Morgan fingerprint density at radius 2 is 1.70 bits per heavy atom. The molecule has 6 nitrogen and oxygen atoms in total. The molecule has 0 heterocycles. The molecule has 0 unspecified atom stereocenters. The van der Waals surface area contributed by atoms with Crippen LogP contribution in [0.4, 0.5) is 0 Å². The van der Waals surface area contributed by atoms with E-state index in [9.17, 15) is 8.42 Å². The van der Waals surface area contributed by atoms with Crippen molar-refractivity contribution in [1.82, 2.24) is 4.72 Å². The van der Waals surface area contributed by atoms with Gasteiger partial charge in [0.25, 0.3) is 0 Å². The number of benzene rings is 1. The van der Waals surface area contributed by atoms with E-state index < -0.39 is 15.6 Å². The quantitative estimate of drug-likeness (QED) is 0.598. The molecule has 7 heteroatoms. The van der Waals surface area contributed by atoms with E-state index in [1.165, 1.54) is 12.1 Å². The second kappa shape index (κ2) is 9.22. The minimum absolute atomic E-state index is 0.198. The van der Waals surface area contributed by atoms with Gasteiger partial charge in [0.2, 0.25) is 10.0 Å². The van der Waals surface area contributed by atoms with Crippen LogP contribution >= 0.6 is 0 Å². The van der Waals surface area contributed by atoms with Gasteiger partial charge in [-0.1, -0.05) is 13.8 Å². The summed E-state index contributed by atoms with van der Waals surface area (Å²) in [6.07, 6.45) is 1.41. The Morgan fingerprint density at radius 1 is 1.09 bits per heavy atom. The Hall–Kier alpha value is -1.15. The maximum absolute atomic E-state index is 12.3. The first kappa shape index (κ1) is 19.9. The Balaban J connectivity index is 2.63. The highest BCUT2D eigenvalue weighted by molar-refractivity contribution is 7.89. The van der Waals surface area contributed by atoms with Gasteiger partial charge in [-0.05, 0) is 44.0 Å². The average molecular weight is 344 g/mol. The molecular formula is C16H28N2O4S. The number of nitrogens with two attached hydrogens (primary N) is 1. The van der Waals surface area contributed by atoms with Gasteiger partial charge in [0.05, 0.1) is 11.5 Å². The van der Waals surface area contributed by atoms with Crippen LogP contribution in [0.15, 0.2) is 29.2 Å². The van der Waals surface area contributed by atoms with E-state index >= 15 is 0 Å². The Labute approximate surface area is 139 Å². The van der Waals surface area contributed by atoms with Gasteiger partial charge in [-0.2, -0.15) is 0 Å². The van der Waals surface area contributed by atoms with Crippen molar-refractivity contribution in [2.75, 3.05) is 26.4 Å². The molecule has 0 saturated heterocycles. The van der Waals surface area contributed by atoms with Crippen molar-refractivity contribution >= 4 is 10.0 Å². The van der Waals surface area contributed by atoms with E-state index in [-0.39, 0.29) is 11.4 Å². The van der Waals surface area contributed by atoms with Crippen LogP contribution in [0.5, 0.6) is 5.75 Å². The Bertz CT molecular complexity index is 554. The highest BCUT2D eigenvalue weighted by Gasteiger charge is 2.24.